The molecule has 4 heteroatoms. The van der Waals surface area contributed by atoms with Gasteiger partial charge in [-0.25, -0.2) is 0 Å². The minimum Gasteiger partial charge on any atom is -0.377 e. The summed E-state index contributed by atoms with van der Waals surface area (Å²) < 4.78 is 6.82. The Labute approximate surface area is 128 Å². The van der Waals surface area contributed by atoms with Gasteiger partial charge < -0.3 is 10.5 Å². The molecular weight excluding hydrogens is 322 g/mol. The third-order valence-corrected chi connectivity index (χ3v) is 5.62. The molecular formula is C15H22BrNOS. The summed E-state index contributed by atoms with van der Waals surface area (Å²) in [5.74, 6) is 1.05. The maximum absolute atomic E-state index is 6.30. The van der Waals surface area contributed by atoms with Crippen LogP contribution < -0.4 is 5.73 Å². The highest BCUT2D eigenvalue weighted by Gasteiger charge is 2.22. The summed E-state index contributed by atoms with van der Waals surface area (Å²) in [7, 11) is 0. The lowest BCUT2D eigenvalue weighted by Crippen LogP contribution is -2.27. The molecule has 2 rings (SSSR count). The minimum atomic E-state index is 0.201. The molecule has 0 aliphatic carbocycles. The summed E-state index contributed by atoms with van der Waals surface area (Å²) in [4.78, 5) is 0. The number of hydrogen-bond acceptors (Lipinski definition) is 3. The predicted octanol–water partition coefficient (Wildman–Crippen LogP) is 4.14. The number of ether oxygens (including phenoxy) is 1. The number of thioether (sulfide) groups is 1. The molecule has 1 aromatic carbocycles. The standard InChI is InChI=1S/C15H22BrNOS/c1-2-14(17)15(11-5-7-12(16)8-6-11)19-10-13-4-3-9-18-13/h5-8,13-15H,2-4,9-10,17H2,1H3. The van der Waals surface area contributed by atoms with E-state index in [0.29, 0.717) is 11.4 Å². The molecule has 0 saturated carbocycles. The average molecular weight is 344 g/mol. The first kappa shape index (κ1) is 15.4. The molecule has 19 heavy (non-hydrogen) atoms. The summed E-state index contributed by atoms with van der Waals surface area (Å²) in [5.41, 5.74) is 7.62. The average Bonchev–Trinajstić information content (AvgIpc) is 2.93. The zero-order chi connectivity index (χ0) is 13.7. The highest BCUT2D eigenvalue weighted by molar-refractivity contribution is 9.10. The topological polar surface area (TPSA) is 35.2 Å². The van der Waals surface area contributed by atoms with Gasteiger partial charge in [-0.05, 0) is 37.0 Å². The van der Waals surface area contributed by atoms with Gasteiger partial charge in [-0.2, -0.15) is 0 Å². The molecule has 0 radical (unpaired) electrons. The molecule has 1 fully saturated rings. The number of benzene rings is 1. The van der Waals surface area contributed by atoms with E-state index in [-0.39, 0.29) is 6.04 Å². The number of rotatable bonds is 6. The highest BCUT2D eigenvalue weighted by Crippen LogP contribution is 2.35. The molecule has 106 valence electrons. The molecule has 1 heterocycles. The van der Waals surface area contributed by atoms with Gasteiger partial charge >= 0.3 is 0 Å². The second-order valence-electron chi connectivity index (χ2n) is 5.01. The van der Waals surface area contributed by atoms with Gasteiger partial charge in [0.1, 0.15) is 0 Å². The quantitative estimate of drug-likeness (QED) is 0.842. The lowest BCUT2D eigenvalue weighted by atomic mass is 10.0. The monoisotopic (exact) mass is 343 g/mol. The van der Waals surface area contributed by atoms with Gasteiger partial charge in [-0.1, -0.05) is 35.0 Å². The fourth-order valence-electron chi connectivity index (χ4n) is 2.32. The second-order valence-corrected chi connectivity index (χ2v) is 7.10. The molecule has 2 nitrogen and oxygen atoms in total. The first-order valence-electron chi connectivity index (χ1n) is 6.95. The third-order valence-electron chi connectivity index (χ3n) is 3.54. The van der Waals surface area contributed by atoms with E-state index in [0.717, 1.165) is 23.3 Å². The van der Waals surface area contributed by atoms with E-state index < -0.39 is 0 Å². The highest BCUT2D eigenvalue weighted by atomic mass is 79.9. The Morgan fingerprint density at radius 3 is 2.74 bits per heavy atom. The van der Waals surface area contributed by atoms with Crippen molar-refractivity contribution in [1.82, 2.24) is 0 Å². The molecule has 1 aliphatic rings. The van der Waals surface area contributed by atoms with Gasteiger partial charge in [-0.15, -0.1) is 11.8 Å². The van der Waals surface area contributed by atoms with Crippen LogP contribution in [0.15, 0.2) is 28.7 Å². The van der Waals surface area contributed by atoms with Crippen molar-refractivity contribution in [2.45, 2.75) is 43.6 Å². The minimum absolute atomic E-state index is 0.201. The molecule has 1 aliphatic heterocycles. The Balaban J connectivity index is 2.00. The summed E-state index contributed by atoms with van der Waals surface area (Å²) in [6.45, 7) is 3.08. The van der Waals surface area contributed by atoms with Gasteiger partial charge in [-0.3, -0.25) is 0 Å². The van der Waals surface area contributed by atoms with Crippen molar-refractivity contribution in [3.05, 3.63) is 34.3 Å². The lowest BCUT2D eigenvalue weighted by molar-refractivity contribution is 0.128. The Morgan fingerprint density at radius 1 is 1.42 bits per heavy atom. The summed E-state index contributed by atoms with van der Waals surface area (Å²) >= 11 is 5.43. The molecule has 0 aromatic heterocycles. The maximum atomic E-state index is 6.30. The van der Waals surface area contributed by atoms with E-state index >= 15 is 0 Å². The Bertz CT molecular complexity index is 378. The van der Waals surface area contributed by atoms with Gasteiger partial charge in [0, 0.05) is 28.1 Å². The predicted molar refractivity (Wildman–Crippen MR) is 86.6 cm³/mol. The van der Waals surface area contributed by atoms with Crippen LogP contribution in [-0.2, 0) is 4.74 Å². The van der Waals surface area contributed by atoms with E-state index in [9.17, 15) is 0 Å². The molecule has 2 N–H and O–H groups in total. The Hall–Kier alpha value is -0.0300. The van der Waals surface area contributed by atoms with Crippen LogP contribution in [0.3, 0.4) is 0 Å². The molecule has 3 unspecified atom stereocenters. The van der Waals surface area contributed by atoms with Crippen molar-refractivity contribution < 1.29 is 4.74 Å². The Morgan fingerprint density at radius 2 is 2.16 bits per heavy atom. The van der Waals surface area contributed by atoms with Crippen molar-refractivity contribution in [1.29, 1.82) is 0 Å². The van der Waals surface area contributed by atoms with Crippen LogP contribution >= 0.6 is 27.7 Å². The molecule has 0 bridgehead atoms. The van der Waals surface area contributed by atoms with Gasteiger partial charge in [0.05, 0.1) is 6.10 Å². The second kappa shape index (κ2) is 7.67. The van der Waals surface area contributed by atoms with Crippen molar-refractivity contribution >= 4 is 27.7 Å². The third kappa shape index (κ3) is 4.48. The number of hydrogen-bond donors (Lipinski definition) is 1. The van der Waals surface area contributed by atoms with E-state index in [1.54, 1.807) is 0 Å². The molecule has 3 atom stereocenters. The molecule has 1 aromatic rings. The van der Waals surface area contributed by atoms with Crippen molar-refractivity contribution in [3.63, 3.8) is 0 Å². The first-order chi connectivity index (χ1) is 9.20. The van der Waals surface area contributed by atoms with Crippen LogP contribution in [0.2, 0.25) is 0 Å². The van der Waals surface area contributed by atoms with Crippen molar-refractivity contribution in [2.75, 3.05) is 12.4 Å². The summed E-state index contributed by atoms with van der Waals surface area (Å²) in [5, 5.41) is 0.363. The van der Waals surface area contributed by atoms with E-state index in [1.807, 2.05) is 11.8 Å². The molecule has 0 spiro atoms. The normalized spacial score (nSPS) is 22.4. The van der Waals surface area contributed by atoms with E-state index in [2.05, 4.69) is 47.1 Å². The zero-order valence-corrected chi connectivity index (χ0v) is 13.8. The van der Waals surface area contributed by atoms with Crippen LogP contribution in [0.25, 0.3) is 0 Å². The van der Waals surface area contributed by atoms with Crippen molar-refractivity contribution in [2.24, 2.45) is 5.73 Å². The smallest absolute Gasteiger partial charge is 0.0666 e. The molecule has 0 amide bonds. The van der Waals surface area contributed by atoms with Crippen LogP contribution in [0.1, 0.15) is 37.0 Å². The van der Waals surface area contributed by atoms with Gasteiger partial charge in [0.15, 0.2) is 0 Å². The fourth-order valence-corrected chi connectivity index (χ4v) is 4.06. The van der Waals surface area contributed by atoms with E-state index in [1.165, 1.54) is 18.4 Å². The van der Waals surface area contributed by atoms with Crippen LogP contribution in [-0.4, -0.2) is 24.5 Å². The largest absolute Gasteiger partial charge is 0.377 e. The van der Waals surface area contributed by atoms with E-state index in [4.69, 9.17) is 10.5 Å². The van der Waals surface area contributed by atoms with Crippen LogP contribution in [0.5, 0.6) is 0 Å². The van der Waals surface area contributed by atoms with Crippen LogP contribution in [0.4, 0.5) is 0 Å². The van der Waals surface area contributed by atoms with Crippen LogP contribution in [0, 0.1) is 0 Å². The zero-order valence-electron chi connectivity index (χ0n) is 11.3. The summed E-state index contributed by atoms with van der Waals surface area (Å²) in [6, 6.07) is 8.74. The molecule has 1 saturated heterocycles. The van der Waals surface area contributed by atoms with Crippen molar-refractivity contribution in [3.8, 4) is 0 Å². The maximum Gasteiger partial charge on any atom is 0.0666 e. The number of nitrogens with two attached hydrogens (primary N) is 1. The number of halogens is 1. The SMILES string of the molecule is CCC(N)C(SCC1CCCO1)c1ccc(Br)cc1. The lowest BCUT2D eigenvalue weighted by Gasteiger charge is -2.24. The Kier molecular flexibility index (Phi) is 6.20. The summed E-state index contributed by atoms with van der Waals surface area (Å²) in [6.07, 6.45) is 3.82. The fraction of sp³-hybridized carbons (Fsp3) is 0.600. The first-order valence-corrected chi connectivity index (χ1v) is 8.79. The van der Waals surface area contributed by atoms with Gasteiger partial charge in [0.25, 0.3) is 0 Å². The van der Waals surface area contributed by atoms with Gasteiger partial charge in [0.2, 0.25) is 0 Å².